The fourth-order valence-electron chi connectivity index (χ4n) is 0.620. The van der Waals surface area contributed by atoms with E-state index >= 15 is 0 Å². The number of aromatic nitrogens is 2. The molecular weight excluding hydrogens is 224 g/mol. The number of nitrogens with two attached hydrogens (primary N) is 1. The first-order chi connectivity index (χ1) is 7.26. The predicted octanol–water partition coefficient (Wildman–Crippen LogP) is -0.503. The molecule has 88 valence electrons. The van der Waals surface area contributed by atoms with Crippen molar-refractivity contribution >= 4 is 11.6 Å². The number of anilines is 1. The molecule has 1 heterocycles. The lowest BCUT2D eigenvalue weighted by Gasteiger charge is -2.08. The van der Waals surface area contributed by atoms with E-state index in [1.807, 2.05) is 0 Å². The molecule has 1 aromatic rings. The molecule has 0 fully saturated rings. The van der Waals surface area contributed by atoms with Crippen LogP contribution in [0.3, 0.4) is 0 Å². The van der Waals surface area contributed by atoms with Gasteiger partial charge in [0.2, 0.25) is 0 Å². The molecule has 0 saturated heterocycles. The van der Waals surface area contributed by atoms with Crippen molar-refractivity contribution in [1.82, 2.24) is 5.16 Å². The van der Waals surface area contributed by atoms with Gasteiger partial charge in [0, 0.05) is 0 Å². The molecule has 11 nitrogen and oxygen atoms in total. The third kappa shape index (κ3) is 1.82. The van der Waals surface area contributed by atoms with Crippen LogP contribution in [0.5, 0.6) is 0 Å². The van der Waals surface area contributed by atoms with Crippen molar-refractivity contribution in [3.8, 4) is 0 Å². The largest absolute Gasteiger partial charge is 0.582 e. The predicted molar refractivity (Wildman–Crippen MR) is 46.7 cm³/mol. The van der Waals surface area contributed by atoms with Crippen LogP contribution in [0.1, 0.15) is 13.8 Å². The molecule has 0 aliphatic heterocycles. The first kappa shape index (κ1) is 11.6. The van der Waals surface area contributed by atoms with E-state index in [0.29, 0.717) is 0 Å². The topological polar surface area (TPSA) is 161 Å². The van der Waals surface area contributed by atoms with Gasteiger partial charge in [-0.1, -0.05) is 0 Å². The van der Waals surface area contributed by atoms with Crippen molar-refractivity contribution < 1.29 is 19.3 Å². The summed E-state index contributed by atoms with van der Waals surface area (Å²) in [5, 5.41) is 38.8. The first-order valence-electron chi connectivity index (χ1n) is 3.95. The Morgan fingerprint density at radius 2 is 2.12 bits per heavy atom. The highest BCUT2D eigenvalue weighted by Gasteiger charge is 2.45. The zero-order valence-corrected chi connectivity index (χ0v) is 8.35. The summed E-state index contributed by atoms with van der Waals surface area (Å²) < 4.78 is 4.03. The number of rotatable bonds is 3. The van der Waals surface area contributed by atoms with Gasteiger partial charge in [-0.05, 0) is 10.1 Å². The fourth-order valence-corrected chi connectivity index (χ4v) is 0.620. The lowest BCUT2D eigenvalue weighted by molar-refractivity contribution is -0.820. The zero-order valence-electron chi connectivity index (χ0n) is 8.35. The van der Waals surface area contributed by atoms with Crippen molar-refractivity contribution in [2.24, 2.45) is 5.11 Å². The first-order valence-corrected chi connectivity index (χ1v) is 3.95. The van der Waals surface area contributed by atoms with Gasteiger partial charge in [0.1, 0.15) is 0 Å². The van der Waals surface area contributed by atoms with E-state index in [1.54, 1.807) is 0 Å². The summed E-state index contributed by atoms with van der Waals surface area (Å²) in [6.07, 6.45) is 0. The van der Waals surface area contributed by atoms with E-state index in [-0.39, 0.29) is 9.76 Å². The average Bonchev–Trinajstić information content (AvgIpc) is 2.49. The third-order valence-electron chi connectivity index (χ3n) is 1.72. The normalized spacial score (nSPS) is 12.8. The van der Waals surface area contributed by atoms with Crippen LogP contribution in [0.25, 0.3) is 0 Å². The molecule has 11 heteroatoms. The molecule has 0 spiro atoms. The lowest BCUT2D eigenvalue weighted by Crippen LogP contribution is -2.40. The van der Waals surface area contributed by atoms with Gasteiger partial charge in [0.05, 0.1) is 23.6 Å². The lowest BCUT2D eigenvalue weighted by atomic mass is 10.3. The maximum atomic E-state index is 11.3. The highest BCUT2D eigenvalue weighted by Crippen LogP contribution is 2.17. The van der Waals surface area contributed by atoms with Gasteiger partial charge in [-0.25, -0.2) is 0 Å². The monoisotopic (exact) mass is 232 g/mol. The highest BCUT2D eigenvalue weighted by molar-refractivity contribution is 5.44. The summed E-state index contributed by atoms with van der Waals surface area (Å²) in [6, 6.07) is 0. The van der Waals surface area contributed by atoms with Crippen molar-refractivity contribution in [2.45, 2.75) is 19.5 Å². The molecule has 2 N–H and O–H groups in total. The second kappa shape index (κ2) is 3.60. The summed E-state index contributed by atoms with van der Waals surface area (Å²) in [5.41, 5.74) is 3.12. The molecule has 0 saturated carbocycles. The molecule has 1 aromatic heterocycles. The van der Waals surface area contributed by atoms with Crippen LogP contribution < -0.4 is 10.6 Å². The standard InChI is InChI=1S/C5H8N6O5/c1-5(2,11(14)15)10(13)7-4-3(6)8-16-9(4)12/h1-2H3,(H2,6,8). The molecule has 0 aliphatic carbocycles. The van der Waals surface area contributed by atoms with Crippen LogP contribution in [0.2, 0.25) is 0 Å². The van der Waals surface area contributed by atoms with E-state index in [2.05, 4.69) is 14.9 Å². The number of hydroxylamine groups is 1. The van der Waals surface area contributed by atoms with Crippen LogP contribution >= 0.6 is 0 Å². The van der Waals surface area contributed by atoms with Crippen LogP contribution in [0, 0.1) is 20.5 Å². The van der Waals surface area contributed by atoms with E-state index < -0.39 is 22.2 Å². The Morgan fingerprint density at radius 3 is 2.50 bits per heavy atom. The van der Waals surface area contributed by atoms with Gasteiger partial charge in [0.25, 0.3) is 0 Å². The molecule has 0 aromatic carbocycles. The average molecular weight is 232 g/mol. The molecule has 1 rings (SSSR count). The van der Waals surface area contributed by atoms with Crippen molar-refractivity contribution in [1.29, 1.82) is 0 Å². The van der Waals surface area contributed by atoms with Crippen LogP contribution in [0.15, 0.2) is 9.74 Å². The minimum atomic E-state index is -2.03. The molecule has 0 atom stereocenters. The summed E-state index contributed by atoms with van der Waals surface area (Å²) in [4.78, 5) is 9.17. The molecule has 0 amide bonds. The van der Waals surface area contributed by atoms with Gasteiger partial charge in [-0.3, -0.25) is 10.1 Å². The Kier molecular flexibility index (Phi) is 2.61. The van der Waals surface area contributed by atoms with Gasteiger partial charge in [-0.15, -0.1) is 0 Å². The van der Waals surface area contributed by atoms with Crippen LogP contribution in [-0.4, -0.2) is 20.6 Å². The van der Waals surface area contributed by atoms with Crippen LogP contribution in [-0.2, 0) is 0 Å². The van der Waals surface area contributed by atoms with Gasteiger partial charge < -0.3 is 20.8 Å². The minimum absolute atomic E-state index is 0.226. The summed E-state index contributed by atoms with van der Waals surface area (Å²) >= 11 is 0. The van der Waals surface area contributed by atoms with Gasteiger partial charge in [0.15, 0.2) is 5.11 Å². The van der Waals surface area contributed by atoms with Gasteiger partial charge >= 0.3 is 17.3 Å². The van der Waals surface area contributed by atoms with Crippen LogP contribution in [0.4, 0.5) is 11.6 Å². The second-order valence-corrected chi connectivity index (χ2v) is 3.26. The maximum Gasteiger partial charge on any atom is 0.445 e. The molecular formula is C5H8N6O5. The number of nitrogen functional groups attached to an aromatic ring is 1. The molecule has 0 unspecified atom stereocenters. The Bertz CT molecular complexity index is 431. The quantitative estimate of drug-likeness (QED) is 0.183. The summed E-state index contributed by atoms with van der Waals surface area (Å²) in [7, 11) is 0. The summed E-state index contributed by atoms with van der Waals surface area (Å²) in [5.74, 6) is -1.07. The zero-order chi connectivity index (χ0) is 12.5. The highest BCUT2D eigenvalue weighted by atomic mass is 16.8. The van der Waals surface area contributed by atoms with E-state index in [0.717, 1.165) is 13.8 Å². The molecule has 0 aliphatic rings. The Labute approximate surface area is 88.0 Å². The SMILES string of the molecule is CC(C)([N+](=O)[O-])[N+]([O-])=Nc1c(N)no[n+]1[O-]. The smallest absolute Gasteiger partial charge is 0.445 e. The number of azo groups is 1. The molecule has 0 radical (unpaired) electrons. The van der Waals surface area contributed by atoms with Crippen molar-refractivity contribution in [3.63, 3.8) is 0 Å². The van der Waals surface area contributed by atoms with Crippen molar-refractivity contribution in [3.05, 3.63) is 20.5 Å². The number of nitrogens with zero attached hydrogens (tertiary/aromatic N) is 5. The van der Waals surface area contributed by atoms with Crippen molar-refractivity contribution in [2.75, 3.05) is 5.73 Å². The fraction of sp³-hybridized carbons (Fsp3) is 0.600. The number of hydrogen-bond donors (Lipinski definition) is 1. The molecule has 16 heavy (non-hydrogen) atoms. The Balaban J connectivity index is 3.16. The van der Waals surface area contributed by atoms with E-state index in [9.17, 15) is 20.5 Å². The van der Waals surface area contributed by atoms with Gasteiger partial charge in [-0.2, -0.15) is 0 Å². The Morgan fingerprint density at radius 1 is 1.56 bits per heavy atom. The third-order valence-corrected chi connectivity index (χ3v) is 1.72. The van der Waals surface area contributed by atoms with E-state index in [1.165, 1.54) is 0 Å². The Hall–Kier alpha value is -2.46. The second-order valence-electron chi connectivity index (χ2n) is 3.26. The van der Waals surface area contributed by atoms with E-state index in [4.69, 9.17) is 5.73 Å². The minimum Gasteiger partial charge on any atom is -0.582 e. The summed E-state index contributed by atoms with van der Waals surface area (Å²) in [6.45, 7) is 2.03. The number of hydrogen-bond acceptors (Lipinski definition) is 8. The number of nitro groups is 1. The maximum absolute atomic E-state index is 11.3. The molecule has 0 bridgehead atoms.